The van der Waals surface area contributed by atoms with Crippen LogP contribution >= 0.6 is 0 Å². The number of anilines is 2. The molecule has 1 saturated heterocycles. The third-order valence-corrected chi connectivity index (χ3v) is 5.30. The van der Waals surface area contributed by atoms with E-state index in [4.69, 9.17) is 4.74 Å². The predicted octanol–water partition coefficient (Wildman–Crippen LogP) is 2.17. The number of carbonyl (C=O) groups is 2. The van der Waals surface area contributed by atoms with Crippen molar-refractivity contribution in [2.24, 2.45) is 5.92 Å². The van der Waals surface area contributed by atoms with Gasteiger partial charge in [-0.25, -0.2) is 9.97 Å². The monoisotopic (exact) mass is 434 g/mol. The number of hydrogen-bond acceptors (Lipinski definition) is 6. The van der Waals surface area contributed by atoms with Crippen LogP contribution in [0.15, 0.2) is 54.9 Å². The highest BCUT2D eigenvalue weighted by molar-refractivity contribution is 6.00. The molecule has 1 fully saturated rings. The van der Waals surface area contributed by atoms with Crippen LogP contribution in [0.2, 0.25) is 0 Å². The van der Waals surface area contributed by atoms with E-state index in [1.165, 1.54) is 0 Å². The van der Waals surface area contributed by atoms with Crippen molar-refractivity contribution in [2.45, 2.75) is 13.3 Å². The van der Waals surface area contributed by atoms with Crippen molar-refractivity contribution in [3.63, 3.8) is 0 Å². The maximum atomic E-state index is 12.6. The lowest BCUT2D eigenvalue weighted by atomic mass is 10.1. The van der Waals surface area contributed by atoms with Gasteiger partial charge in [-0.15, -0.1) is 0 Å². The molecule has 0 aliphatic carbocycles. The Balaban J connectivity index is 1.27. The van der Waals surface area contributed by atoms with Gasteiger partial charge in [-0.05, 0) is 43.3 Å². The summed E-state index contributed by atoms with van der Waals surface area (Å²) in [5.74, 6) is 2.30. The molecule has 9 heteroatoms. The molecule has 0 spiro atoms. The summed E-state index contributed by atoms with van der Waals surface area (Å²) in [6, 6.07) is 13.0. The number of nitrogens with one attached hydrogen (secondary N) is 2. The van der Waals surface area contributed by atoms with Crippen molar-refractivity contribution in [1.29, 1.82) is 0 Å². The van der Waals surface area contributed by atoms with Gasteiger partial charge in [0.25, 0.3) is 0 Å². The molecule has 0 radical (unpaired) electrons. The lowest BCUT2D eigenvalue weighted by Gasteiger charge is -2.17. The lowest BCUT2D eigenvalue weighted by molar-refractivity contribution is -0.126. The Morgan fingerprint density at radius 3 is 2.62 bits per heavy atom. The van der Waals surface area contributed by atoms with Gasteiger partial charge in [-0.2, -0.15) is 0 Å². The quantitative estimate of drug-likeness (QED) is 0.527. The lowest BCUT2D eigenvalue weighted by Crippen LogP contribution is -2.35. The zero-order valence-electron chi connectivity index (χ0n) is 18.1. The highest BCUT2D eigenvalue weighted by atomic mass is 16.5. The highest BCUT2D eigenvalue weighted by Gasteiger charge is 2.34. The number of aromatic nitrogens is 3. The van der Waals surface area contributed by atoms with Crippen LogP contribution in [-0.4, -0.2) is 53.1 Å². The molecule has 1 unspecified atom stereocenters. The van der Waals surface area contributed by atoms with E-state index in [1.54, 1.807) is 24.1 Å². The third kappa shape index (κ3) is 4.88. The van der Waals surface area contributed by atoms with Crippen molar-refractivity contribution in [3.8, 4) is 11.6 Å². The predicted molar refractivity (Wildman–Crippen MR) is 121 cm³/mol. The number of benzene rings is 1. The van der Waals surface area contributed by atoms with Gasteiger partial charge in [-0.1, -0.05) is 0 Å². The van der Waals surface area contributed by atoms with Crippen LogP contribution in [0.5, 0.6) is 5.75 Å². The Hall–Kier alpha value is -3.88. The average molecular weight is 435 g/mol. The van der Waals surface area contributed by atoms with Gasteiger partial charge in [0.2, 0.25) is 11.8 Å². The maximum absolute atomic E-state index is 12.6. The van der Waals surface area contributed by atoms with E-state index in [1.807, 2.05) is 54.2 Å². The molecule has 2 aromatic heterocycles. The van der Waals surface area contributed by atoms with Gasteiger partial charge in [0.15, 0.2) is 0 Å². The first-order chi connectivity index (χ1) is 15.5. The number of carbonyl (C=O) groups excluding carboxylic acids is 2. The van der Waals surface area contributed by atoms with Gasteiger partial charge in [0.1, 0.15) is 23.2 Å². The second-order valence-electron chi connectivity index (χ2n) is 7.57. The fourth-order valence-corrected chi connectivity index (χ4v) is 3.68. The molecular formula is C23H26N6O3. The molecule has 1 aliphatic heterocycles. The fraction of sp³-hybridized carbons (Fsp3) is 0.304. The van der Waals surface area contributed by atoms with E-state index in [0.717, 1.165) is 17.3 Å². The molecule has 2 N–H and O–H groups in total. The molecule has 166 valence electrons. The molecule has 2 amide bonds. The van der Waals surface area contributed by atoms with Crippen molar-refractivity contribution >= 4 is 23.3 Å². The minimum Gasteiger partial charge on any atom is -0.497 e. The molecule has 0 saturated carbocycles. The maximum Gasteiger partial charge on any atom is 0.227 e. The molecule has 0 bridgehead atoms. The van der Waals surface area contributed by atoms with E-state index in [9.17, 15) is 9.59 Å². The molecule has 32 heavy (non-hydrogen) atoms. The number of amides is 2. The van der Waals surface area contributed by atoms with Crippen LogP contribution in [0.4, 0.5) is 11.5 Å². The number of aryl methyl sites for hydroxylation is 1. The number of ether oxygens (including phenoxy) is 1. The zero-order chi connectivity index (χ0) is 22.5. The van der Waals surface area contributed by atoms with Crippen LogP contribution in [0.1, 0.15) is 12.2 Å². The van der Waals surface area contributed by atoms with Gasteiger partial charge in [0, 0.05) is 50.2 Å². The molecule has 3 heterocycles. The first-order valence-electron chi connectivity index (χ1n) is 10.5. The van der Waals surface area contributed by atoms with Gasteiger partial charge >= 0.3 is 0 Å². The van der Waals surface area contributed by atoms with Gasteiger partial charge in [-0.3, -0.25) is 9.59 Å². The first kappa shape index (κ1) is 21.4. The van der Waals surface area contributed by atoms with E-state index in [0.29, 0.717) is 31.3 Å². The summed E-state index contributed by atoms with van der Waals surface area (Å²) >= 11 is 0. The summed E-state index contributed by atoms with van der Waals surface area (Å²) < 4.78 is 7.06. The van der Waals surface area contributed by atoms with Gasteiger partial charge in [0.05, 0.1) is 13.0 Å². The van der Waals surface area contributed by atoms with Crippen molar-refractivity contribution < 1.29 is 14.3 Å². The van der Waals surface area contributed by atoms with Crippen LogP contribution in [0.25, 0.3) is 5.82 Å². The Morgan fingerprint density at radius 2 is 1.91 bits per heavy atom. The van der Waals surface area contributed by atoms with Crippen LogP contribution in [-0.2, 0) is 9.59 Å². The van der Waals surface area contributed by atoms with Crippen LogP contribution in [0, 0.1) is 12.8 Å². The minimum absolute atomic E-state index is 0.0533. The second-order valence-corrected chi connectivity index (χ2v) is 7.57. The normalized spacial score (nSPS) is 15.6. The molecular weight excluding hydrogens is 408 g/mol. The standard InChI is InChI=1S/C23H26N6O3/c1-16-26-20(14-21(27-16)28-11-3-4-12-28)24-9-10-25-23(31)17-13-22(30)29(15-17)18-5-7-19(32-2)8-6-18/h3-8,11-12,14,17H,9-10,13,15H2,1-2H3,(H,25,31)(H,24,26,27). The summed E-state index contributed by atoms with van der Waals surface area (Å²) in [5, 5.41) is 6.13. The van der Waals surface area contributed by atoms with Crippen molar-refractivity contribution in [2.75, 3.05) is 37.0 Å². The average Bonchev–Trinajstić information content (AvgIpc) is 3.46. The van der Waals surface area contributed by atoms with Crippen LogP contribution < -0.4 is 20.3 Å². The summed E-state index contributed by atoms with van der Waals surface area (Å²) in [6.45, 7) is 3.14. The van der Waals surface area contributed by atoms with Gasteiger partial charge < -0.3 is 24.8 Å². The minimum atomic E-state index is -0.369. The third-order valence-electron chi connectivity index (χ3n) is 5.30. The summed E-state index contributed by atoms with van der Waals surface area (Å²) in [4.78, 5) is 35.5. The topological polar surface area (TPSA) is 101 Å². The second kappa shape index (κ2) is 9.51. The largest absolute Gasteiger partial charge is 0.497 e. The fourth-order valence-electron chi connectivity index (χ4n) is 3.68. The molecule has 3 aromatic rings. The Kier molecular flexibility index (Phi) is 6.34. The zero-order valence-corrected chi connectivity index (χ0v) is 18.1. The Bertz CT molecular complexity index is 1080. The molecule has 1 aliphatic rings. The SMILES string of the molecule is COc1ccc(N2CC(C(=O)NCCNc3cc(-n4cccc4)nc(C)n3)CC2=O)cc1. The molecule has 1 atom stereocenters. The van der Waals surface area contributed by atoms with E-state index < -0.39 is 0 Å². The summed E-state index contributed by atoms with van der Waals surface area (Å²) in [5.41, 5.74) is 0.769. The van der Waals surface area contributed by atoms with Crippen molar-refractivity contribution in [3.05, 3.63) is 60.7 Å². The smallest absolute Gasteiger partial charge is 0.227 e. The Morgan fingerprint density at radius 1 is 1.16 bits per heavy atom. The molecule has 9 nitrogen and oxygen atoms in total. The van der Waals surface area contributed by atoms with E-state index >= 15 is 0 Å². The highest BCUT2D eigenvalue weighted by Crippen LogP contribution is 2.26. The summed E-state index contributed by atoms with van der Waals surface area (Å²) in [6.07, 6.45) is 4.05. The summed E-state index contributed by atoms with van der Waals surface area (Å²) in [7, 11) is 1.60. The Labute approximate surface area is 186 Å². The van der Waals surface area contributed by atoms with E-state index in [2.05, 4.69) is 20.6 Å². The van der Waals surface area contributed by atoms with Crippen LogP contribution in [0.3, 0.4) is 0 Å². The molecule has 1 aromatic carbocycles. The molecule has 4 rings (SSSR count). The number of hydrogen-bond donors (Lipinski definition) is 2. The number of rotatable bonds is 8. The first-order valence-corrected chi connectivity index (χ1v) is 10.5. The number of methoxy groups -OCH3 is 1. The number of nitrogens with zero attached hydrogens (tertiary/aromatic N) is 4. The van der Waals surface area contributed by atoms with E-state index in [-0.39, 0.29) is 24.2 Å². The van der Waals surface area contributed by atoms with Crippen molar-refractivity contribution in [1.82, 2.24) is 19.9 Å².